The maximum absolute atomic E-state index is 13.1. The summed E-state index contributed by atoms with van der Waals surface area (Å²) >= 11 is 0. The van der Waals surface area contributed by atoms with Crippen molar-refractivity contribution in [3.8, 4) is 6.01 Å². The summed E-state index contributed by atoms with van der Waals surface area (Å²) in [5, 5.41) is 2.61. The first kappa shape index (κ1) is 29.8. The molecule has 15 heteroatoms. The van der Waals surface area contributed by atoms with Gasteiger partial charge >= 0.3 is 18.4 Å². The van der Waals surface area contributed by atoms with Gasteiger partial charge in [-0.05, 0) is 35.9 Å². The second-order valence-corrected chi connectivity index (χ2v) is 9.51. The van der Waals surface area contributed by atoms with Crippen LogP contribution in [0.3, 0.4) is 0 Å². The molecule has 1 aromatic heterocycles. The van der Waals surface area contributed by atoms with E-state index in [4.69, 9.17) is 4.74 Å². The van der Waals surface area contributed by atoms with Crippen molar-refractivity contribution in [2.45, 2.75) is 18.9 Å². The van der Waals surface area contributed by atoms with Crippen LogP contribution < -0.4 is 15.0 Å². The Morgan fingerprint density at radius 3 is 2.24 bits per heavy atom. The van der Waals surface area contributed by atoms with Gasteiger partial charge in [0, 0.05) is 58.1 Å². The fourth-order valence-corrected chi connectivity index (χ4v) is 4.03. The van der Waals surface area contributed by atoms with Crippen LogP contribution >= 0.6 is 0 Å². The van der Waals surface area contributed by atoms with E-state index < -0.39 is 30.5 Å². The van der Waals surface area contributed by atoms with Crippen LogP contribution in [0.4, 0.5) is 43.9 Å². The first-order chi connectivity index (χ1) is 19.3. The summed E-state index contributed by atoms with van der Waals surface area (Å²) in [7, 11) is 3.36. The zero-order valence-corrected chi connectivity index (χ0v) is 22.1. The number of nitrogens with zero attached hydrogens (tertiary/aromatic N) is 6. The van der Waals surface area contributed by atoms with Crippen molar-refractivity contribution in [1.29, 1.82) is 0 Å². The van der Waals surface area contributed by atoms with Gasteiger partial charge in [0.1, 0.15) is 0 Å². The monoisotopic (exact) mass is 583 g/mol. The number of benzene rings is 2. The molecule has 41 heavy (non-hydrogen) atoms. The van der Waals surface area contributed by atoms with Gasteiger partial charge in [0.15, 0.2) is 6.61 Å². The van der Waals surface area contributed by atoms with Crippen LogP contribution in [0, 0.1) is 0 Å². The van der Waals surface area contributed by atoms with Gasteiger partial charge in [0.25, 0.3) is 5.91 Å². The summed E-state index contributed by atoms with van der Waals surface area (Å²) in [6.45, 7) is 0.945. The molecule has 1 saturated heterocycles. The maximum atomic E-state index is 13.1. The van der Waals surface area contributed by atoms with E-state index in [0.29, 0.717) is 38.3 Å². The second kappa shape index (κ2) is 12.2. The number of halogens is 6. The zero-order chi connectivity index (χ0) is 29.8. The average Bonchev–Trinajstić information content (AvgIpc) is 2.91. The predicted molar refractivity (Wildman–Crippen MR) is 138 cm³/mol. The molecule has 0 spiro atoms. The molecule has 1 N–H and O–H groups in total. The highest BCUT2D eigenvalue weighted by Crippen LogP contribution is 2.31. The van der Waals surface area contributed by atoms with Crippen LogP contribution in [0.5, 0.6) is 6.01 Å². The number of hydrogen-bond donors (Lipinski definition) is 1. The molecule has 0 radical (unpaired) electrons. The van der Waals surface area contributed by atoms with Crippen molar-refractivity contribution in [3.05, 3.63) is 65.2 Å². The predicted octanol–water partition coefficient (Wildman–Crippen LogP) is 4.60. The quantitative estimate of drug-likeness (QED) is 0.386. The van der Waals surface area contributed by atoms with Crippen molar-refractivity contribution in [2.24, 2.45) is 0 Å². The first-order valence-electron chi connectivity index (χ1n) is 12.4. The highest BCUT2D eigenvalue weighted by Gasteiger charge is 2.31. The van der Waals surface area contributed by atoms with Crippen LogP contribution in [0.15, 0.2) is 48.5 Å². The molecule has 0 atom stereocenters. The standard InChI is InChI=1S/C26H27F6N7O2/c1-37(2)21(40)18-8-6-17(7-9-18)15-38-10-12-39(13-11-38)23-34-22(35-24(36-23)41-16-25(27,28)29)33-20-5-3-4-19(14-20)26(30,31)32/h3-9,14H,10-13,15-16H2,1-2H3,(H,33,34,35,36). The molecular formula is C26H27F6N7O2. The van der Waals surface area contributed by atoms with Gasteiger partial charge in [-0.25, -0.2) is 0 Å². The van der Waals surface area contributed by atoms with Crippen LogP contribution in [-0.2, 0) is 12.7 Å². The lowest BCUT2D eigenvalue weighted by atomic mass is 10.1. The summed E-state index contributed by atoms with van der Waals surface area (Å²) in [5.41, 5.74) is 0.656. The number of carbonyl (C=O) groups is 1. The van der Waals surface area contributed by atoms with E-state index in [0.717, 1.165) is 17.7 Å². The van der Waals surface area contributed by atoms with E-state index in [1.54, 1.807) is 31.1 Å². The van der Waals surface area contributed by atoms with E-state index in [1.165, 1.54) is 17.0 Å². The van der Waals surface area contributed by atoms with Crippen molar-refractivity contribution in [3.63, 3.8) is 0 Å². The summed E-state index contributed by atoms with van der Waals surface area (Å²) in [5.74, 6) is -0.331. The van der Waals surface area contributed by atoms with Crippen molar-refractivity contribution in [1.82, 2.24) is 24.8 Å². The van der Waals surface area contributed by atoms with Gasteiger partial charge in [0.05, 0.1) is 5.56 Å². The summed E-state index contributed by atoms with van der Waals surface area (Å²) in [4.78, 5) is 29.5. The van der Waals surface area contributed by atoms with E-state index in [1.807, 2.05) is 12.1 Å². The van der Waals surface area contributed by atoms with Gasteiger partial charge in [0.2, 0.25) is 11.9 Å². The number of nitrogens with one attached hydrogen (secondary N) is 1. The number of amides is 1. The second-order valence-electron chi connectivity index (χ2n) is 9.51. The molecular weight excluding hydrogens is 556 g/mol. The number of ether oxygens (including phenoxy) is 1. The third-order valence-corrected chi connectivity index (χ3v) is 6.08. The molecule has 1 aliphatic rings. The summed E-state index contributed by atoms with van der Waals surface area (Å²) in [6.07, 6.45) is -9.24. The Hall–Kier alpha value is -4.14. The average molecular weight is 584 g/mol. The molecule has 0 aliphatic carbocycles. The number of rotatable bonds is 8. The lowest BCUT2D eigenvalue weighted by Gasteiger charge is -2.34. The van der Waals surface area contributed by atoms with Gasteiger partial charge in [-0.2, -0.15) is 41.3 Å². The molecule has 0 bridgehead atoms. The van der Waals surface area contributed by atoms with E-state index in [9.17, 15) is 31.1 Å². The minimum atomic E-state index is -4.65. The number of piperazine rings is 1. The van der Waals surface area contributed by atoms with Gasteiger partial charge in [-0.1, -0.05) is 18.2 Å². The first-order valence-corrected chi connectivity index (χ1v) is 12.4. The maximum Gasteiger partial charge on any atom is 0.422 e. The molecule has 1 fully saturated rings. The Labute approximate surface area is 231 Å². The SMILES string of the molecule is CN(C)C(=O)c1ccc(CN2CCN(c3nc(Nc4cccc(C(F)(F)F)c4)nc(OCC(F)(F)F)n3)CC2)cc1. The zero-order valence-electron chi connectivity index (χ0n) is 22.1. The Bertz CT molecular complexity index is 1340. The molecule has 3 aromatic rings. The van der Waals surface area contributed by atoms with Crippen molar-refractivity contribution >= 4 is 23.5 Å². The largest absolute Gasteiger partial charge is 0.454 e. The molecule has 2 heterocycles. The molecule has 4 rings (SSSR count). The molecule has 220 valence electrons. The minimum absolute atomic E-state index is 0.0122. The van der Waals surface area contributed by atoms with Gasteiger partial charge in [-0.3, -0.25) is 9.69 Å². The summed E-state index contributed by atoms with van der Waals surface area (Å²) in [6, 6.07) is 10.9. The Morgan fingerprint density at radius 1 is 0.951 bits per heavy atom. The highest BCUT2D eigenvalue weighted by molar-refractivity contribution is 5.93. The van der Waals surface area contributed by atoms with Gasteiger partial charge in [-0.15, -0.1) is 0 Å². The number of carbonyl (C=O) groups excluding carboxylic acids is 1. The van der Waals surface area contributed by atoms with Crippen molar-refractivity contribution in [2.75, 3.05) is 57.1 Å². The smallest absolute Gasteiger partial charge is 0.422 e. The number of aromatic nitrogens is 3. The number of alkyl halides is 6. The molecule has 0 saturated carbocycles. The lowest BCUT2D eigenvalue weighted by molar-refractivity contribution is -0.154. The van der Waals surface area contributed by atoms with Crippen LogP contribution in [0.1, 0.15) is 21.5 Å². The highest BCUT2D eigenvalue weighted by atomic mass is 19.4. The third kappa shape index (κ3) is 8.42. The van der Waals surface area contributed by atoms with E-state index in [2.05, 4.69) is 25.2 Å². The number of hydrogen-bond acceptors (Lipinski definition) is 8. The molecule has 9 nitrogen and oxygen atoms in total. The van der Waals surface area contributed by atoms with E-state index >= 15 is 0 Å². The Kier molecular flexibility index (Phi) is 8.85. The van der Waals surface area contributed by atoms with E-state index in [-0.39, 0.29) is 23.5 Å². The van der Waals surface area contributed by atoms with Crippen molar-refractivity contribution < 1.29 is 35.9 Å². The number of anilines is 3. The molecule has 1 aliphatic heterocycles. The third-order valence-electron chi connectivity index (χ3n) is 6.08. The minimum Gasteiger partial charge on any atom is -0.454 e. The lowest BCUT2D eigenvalue weighted by Crippen LogP contribution is -2.46. The Morgan fingerprint density at radius 2 is 1.63 bits per heavy atom. The molecule has 2 aromatic carbocycles. The molecule has 1 amide bonds. The normalized spacial score (nSPS) is 14.6. The molecule has 0 unspecified atom stereocenters. The van der Waals surface area contributed by atoms with Crippen LogP contribution in [-0.4, -0.2) is 83.7 Å². The summed E-state index contributed by atoms with van der Waals surface area (Å²) < 4.78 is 82.4. The Balaban J connectivity index is 1.46. The van der Waals surface area contributed by atoms with Crippen LogP contribution in [0.2, 0.25) is 0 Å². The fraction of sp³-hybridized carbons (Fsp3) is 0.385. The fourth-order valence-electron chi connectivity index (χ4n) is 4.03. The topological polar surface area (TPSA) is 86.7 Å². The van der Waals surface area contributed by atoms with Gasteiger partial charge < -0.3 is 19.9 Å². The van der Waals surface area contributed by atoms with Crippen LogP contribution in [0.25, 0.3) is 0 Å².